The third kappa shape index (κ3) is 3.92. The maximum absolute atomic E-state index is 13.4. The van der Waals surface area contributed by atoms with Gasteiger partial charge in [-0.05, 0) is 43.7 Å². The van der Waals surface area contributed by atoms with Crippen LogP contribution in [0.1, 0.15) is 11.1 Å². The van der Waals surface area contributed by atoms with Crippen LogP contribution in [0.4, 0.5) is 10.1 Å². The normalized spacial score (nSPS) is 11.2. The number of aryl methyl sites for hydroxylation is 2. The fraction of sp³-hybridized carbons (Fsp3) is 0.188. The summed E-state index contributed by atoms with van der Waals surface area (Å²) in [6.07, 6.45) is 0. The van der Waals surface area contributed by atoms with E-state index < -0.39 is 27.3 Å². The molecule has 2 aromatic carbocycles. The van der Waals surface area contributed by atoms with Crippen molar-refractivity contribution in [2.24, 2.45) is 0 Å². The van der Waals surface area contributed by atoms with Crippen LogP contribution in [-0.4, -0.2) is 20.1 Å². The molecule has 0 aliphatic rings. The van der Waals surface area contributed by atoms with Crippen LogP contribution in [0.5, 0.6) is 0 Å². The quantitative estimate of drug-likeness (QED) is 0.942. The lowest BCUT2D eigenvalue weighted by Crippen LogP contribution is -2.23. The first-order chi connectivity index (χ1) is 10.3. The van der Waals surface area contributed by atoms with Crippen molar-refractivity contribution in [1.82, 2.24) is 0 Å². The molecule has 0 atom stereocenters. The molecule has 2 aromatic rings. The molecule has 0 aliphatic heterocycles. The Morgan fingerprint density at radius 2 is 1.73 bits per heavy atom. The molecule has 0 heterocycles. The van der Waals surface area contributed by atoms with E-state index in [4.69, 9.17) is 0 Å². The first-order valence-corrected chi connectivity index (χ1v) is 8.28. The molecule has 116 valence electrons. The lowest BCUT2D eigenvalue weighted by molar-refractivity contribution is -0.113. The maximum atomic E-state index is 13.4. The van der Waals surface area contributed by atoms with Crippen molar-refractivity contribution in [2.75, 3.05) is 11.1 Å². The molecule has 0 aliphatic carbocycles. The first kappa shape index (κ1) is 16.2. The third-order valence-electron chi connectivity index (χ3n) is 3.16. The number of carbonyl (C=O) groups excluding carboxylic acids is 1. The van der Waals surface area contributed by atoms with Gasteiger partial charge in [-0.2, -0.15) is 0 Å². The van der Waals surface area contributed by atoms with Crippen molar-refractivity contribution in [3.05, 3.63) is 59.4 Å². The average Bonchev–Trinajstić information content (AvgIpc) is 2.42. The Balaban J connectivity index is 2.10. The number of amides is 1. The molecule has 0 saturated heterocycles. The number of hydrogen-bond donors (Lipinski definition) is 1. The Kier molecular flexibility index (Phi) is 4.61. The molecule has 0 saturated carbocycles. The van der Waals surface area contributed by atoms with Crippen molar-refractivity contribution < 1.29 is 17.6 Å². The predicted molar refractivity (Wildman–Crippen MR) is 83.0 cm³/mol. The summed E-state index contributed by atoms with van der Waals surface area (Å²) in [7, 11) is -3.72. The summed E-state index contributed by atoms with van der Waals surface area (Å²) in [6.45, 7) is 3.44. The molecule has 1 amide bonds. The van der Waals surface area contributed by atoms with E-state index in [2.05, 4.69) is 5.32 Å². The molecule has 0 bridgehead atoms. The molecule has 0 radical (unpaired) electrons. The molecule has 1 N–H and O–H groups in total. The molecular weight excluding hydrogens is 305 g/mol. The predicted octanol–water partition coefficient (Wildman–Crippen LogP) is 2.85. The fourth-order valence-corrected chi connectivity index (χ4v) is 3.00. The van der Waals surface area contributed by atoms with Crippen molar-refractivity contribution >= 4 is 21.4 Å². The lowest BCUT2D eigenvalue weighted by atomic mass is 10.2. The number of benzene rings is 2. The summed E-state index contributed by atoms with van der Waals surface area (Å²) < 4.78 is 37.7. The Hall–Kier alpha value is -2.21. The number of carbonyl (C=O) groups is 1. The summed E-state index contributed by atoms with van der Waals surface area (Å²) in [5.74, 6) is -1.85. The van der Waals surface area contributed by atoms with E-state index in [1.807, 2.05) is 6.92 Å². The Labute approximate surface area is 128 Å². The van der Waals surface area contributed by atoms with Crippen LogP contribution in [0.2, 0.25) is 0 Å². The summed E-state index contributed by atoms with van der Waals surface area (Å²) in [6, 6.07) is 10.5. The minimum Gasteiger partial charge on any atom is -0.325 e. The van der Waals surface area contributed by atoms with Gasteiger partial charge in [0.05, 0.1) is 4.90 Å². The summed E-state index contributed by atoms with van der Waals surface area (Å²) in [4.78, 5) is 11.9. The van der Waals surface area contributed by atoms with E-state index in [9.17, 15) is 17.6 Å². The number of hydrogen-bond acceptors (Lipinski definition) is 3. The van der Waals surface area contributed by atoms with Crippen molar-refractivity contribution in [3.63, 3.8) is 0 Å². The Morgan fingerprint density at radius 3 is 2.32 bits per heavy atom. The third-order valence-corrected chi connectivity index (χ3v) is 4.79. The van der Waals surface area contributed by atoms with E-state index in [1.165, 1.54) is 24.3 Å². The van der Waals surface area contributed by atoms with Gasteiger partial charge >= 0.3 is 0 Å². The van der Waals surface area contributed by atoms with E-state index in [1.54, 1.807) is 19.1 Å². The summed E-state index contributed by atoms with van der Waals surface area (Å²) in [5.41, 5.74) is 1.61. The van der Waals surface area contributed by atoms with E-state index in [0.717, 1.165) is 11.6 Å². The zero-order valence-corrected chi connectivity index (χ0v) is 13.1. The number of rotatable bonds is 4. The van der Waals surface area contributed by atoms with Crippen LogP contribution in [0.15, 0.2) is 47.4 Å². The molecule has 0 unspecified atom stereocenters. The largest absolute Gasteiger partial charge is 0.325 e. The first-order valence-electron chi connectivity index (χ1n) is 6.63. The smallest absolute Gasteiger partial charge is 0.239 e. The SMILES string of the molecule is Cc1ccc(S(=O)(=O)CC(=O)Nc2ccc(C)c(F)c2)cc1. The monoisotopic (exact) mass is 321 g/mol. The van der Waals surface area contributed by atoms with Gasteiger partial charge in [-0.15, -0.1) is 0 Å². The Morgan fingerprint density at radius 1 is 1.09 bits per heavy atom. The lowest BCUT2D eigenvalue weighted by Gasteiger charge is -2.07. The van der Waals surface area contributed by atoms with Crippen molar-refractivity contribution in [2.45, 2.75) is 18.7 Å². The molecule has 0 aromatic heterocycles. The van der Waals surface area contributed by atoms with Gasteiger partial charge in [0, 0.05) is 5.69 Å². The van der Waals surface area contributed by atoms with Gasteiger partial charge in [-0.25, -0.2) is 12.8 Å². The highest BCUT2D eigenvalue weighted by atomic mass is 32.2. The van der Waals surface area contributed by atoms with E-state index in [0.29, 0.717) is 5.56 Å². The van der Waals surface area contributed by atoms with Gasteiger partial charge < -0.3 is 5.32 Å². The molecule has 2 rings (SSSR count). The molecule has 6 heteroatoms. The highest BCUT2D eigenvalue weighted by Gasteiger charge is 2.19. The summed E-state index contributed by atoms with van der Waals surface area (Å²) >= 11 is 0. The Bertz CT molecular complexity index is 799. The fourth-order valence-electron chi connectivity index (χ4n) is 1.87. The number of anilines is 1. The number of sulfone groups is 1. The van der Waals surface area contributed by atoms with Crippen LogP contribution in [-0.2, 0) is 14.6 Å². The van der Waals surface area contributed by atoms with Gasteiger partial charge in [0.2, 0.25) is 5.91 Å². The minimum atomic E-state index is -3.72. The van der Waals surface area contributed by atoms with Gasteiger partial charge in [-0.3, -0.25) is 4.79 Å². The van der Waals surface area contributed by atoms with Crippen molar-refractivity contribution in [3.8, 4) is 0 Å². The van der Waals surface area contributed by atoms with Gasteiger partial charge in [0.25, 0.3) is 0 Å². The highest BCUT2D eigenvalue weighted by Crippen LogP contribution is 2.15. The average molecular weight is 321 g/mol. The topological polar surface area (TPSA) is 63.2 Å². The van der Waals surface area contributed by atoms with Crippen LogP contribution >= 0.6 is 0 Å². The zero-order valence-electron chi connectivity index (χ0n) is 12.3. The standard InChI is InChI=1S/C16H16FNO3S/c1-11-3-7-14(8-4-11)22(20,21)10-16(19)18-13-6-5-12(2)15(17)9-13/h3-9H,10H2,1-2H3,(H,18,19). The molecule has 4 nitrogen and oxygen atoms in total. The van der Waals surface area contributed by atoms with Crippen LogP contribution in [0.25, 0.3) is 0 Å². The molecule has 0 spiro atoms. The van der Waals surface area contributed by atoms with Crippen LogP contribution in [0.3, 0.4) is 0 Å². The van der Waals surface area contributed by atoms with Gasteiger partial charge in [0.15, 0.2) is 9.84 Å². The maximum Gasteiger partial charge on any atom is 0.239 e. The summed E-state index contributed by atoms with van der Waals surface area (Å²) in [5, 5.41) is 2.39. The van der Waals surface area contributed by atoms with Gasteiger partial charge in [0.1, 0.15) is 11.6 Å². The number of halogens is 1. The van der Waals surface area contributed by atoms with E-state index in [-0.39, 0.29) is 10.6 Å². The second-order valence-electron chi connectivity index (χ2n) is 5.08. The molecular formula is C16H16FNO3S. The van der Waals surface area contributed by atoms with Gasteiger partial charge in [-0.1, -0.05) is 23.8 Å². The number of nitrogens with one attached hydrogen (secondary N) is 1. The second-order valence-corrected chi connectivity index (χ2v) is 7.07. The second kappa shape index (κ2) is 6.27. The highest BCUT2D eigenvalue weighted by molar-refractivity contribution is 7.92. The minimum absolute atomic E-state index is 0.0864. The zero-order chi connectivity index (χ0) is 16.3. The van der Waals surface area contributed by atoms with Crippen LogP contribution < -0.4 is 5.32 Å². The molecule has 0 fully saturated rings. The van der Waals surface area contributed by atoms with Crippen molar-refractivity contribution in [1.29, 1.82) is 0 Å². The van der Waals surface area contributed by atoms with E-state index >= 15 is 0 Å². The van der Waals surface area contributed by atoms with Crippen LogP contribution in [0, 0.1) is 19.7 Å². The molecule has 22 heavy (non-hydrogen) atoms.